The Bertz CT molecular complexity index is 941. The molecule has 0 saturated heterocycles. The molecule has 0 aromatic heterocycles. The van der Waals surface area contributed by atoms with E-state index in [1.54, 1.807) is 14.0 Å². The Morgan fingerprint density at radius 2 is 1.63 bits per heavy atom. The van der Waals surface area contributed by atoms with Gasteiger partial charge in [-0.1, -0.05) is 61.9 Å². The Morgan fingerprint density at radius 1 is 0.967 bits per heavy atom. The summed E-state index contributed by atoms with van der Waals surface area (Å²) in [6.07, 6.45) is 1.76. The Balaban J connectivity index is 2.01. The van der Waals surface area contributed by atoms with Crippen molar-refractivity contribution in [1.82, 2.24) is 0 Å². The number of methoxy groups -OCH3 is 1. The Kier molecular flexibility index (Phi) is 7.50. The number of hydrogen-bond donors (Lipinski definition) is 0. The molecule has 0 aliphatic heterocycles. The van der Waals surface area contributed by atoms with Gasteiger partial charge in [0.05, 0.1) is 13.2 Å². The van der Waals surface area contributed by atoms with Gasteiger partial charge in [0.15, 0.2) is 0 Å². The fraction of sp³-hybridized carbons (Fsp3) is 0.269. The molecule has 0 aliphatic rings. The van der Waals surface area contributed by atoms with E-state index in [-0.39, 0.29) is 11.9 Å². The average Bonchev–Trinajstić information content (AvgIpc) is 2.78. The van der Waals surface area contributed by atoms with E-state index in [2.05, 4.69) is 6.92 Å². The third-order valence-corrected chi connectivity index (χ3v) is 5.06. The van der Waals surface area contributed by atoms with Crippen LogP contribution >= 0.6 is 0 Å². The smallest absolute Gasteiger partial charge is 0.224 e. The highest BCUT2D eigenvalue weighted by atomic mass is 16.5. The second-order valence-electron chi connectivity index (χ2n) is 7.21. The van der Waals surface area contributed by atoms with Crippen LogP contribution in [0.1, 0.15) is 43.9 Å². The molecule has 0 spiro atoms. The summed E-state index contributed by atoms with van der Waals surface area (Å²) >= 11 is 0. The van der Waals surface area contributed by atoms with Crippen LogP contribution in [0.2, 0.25) is 0 Å². The maximum absolute atomic E-state index is 12.7. The molecule has 4 nitrogen and oxygen atoms in total. The van der Waals surface area contributed by atoms with Crippen LogP contribution < -0.4 is 14.4 Å². The summed E-state index contributed by atoms with van der Waals surface area (Å²) in [6, 6.07) is 25.6. The molecule has 0 aliphatic carbocycles. The van der Waals surface area contributed by atoms with Crippen LogP contribution in [0.3, 0.4) is 0 Å². The predicted octanol–water partition coefficient (Wildman–Crippen LogP) is 6.17. The Morgan fingerprint density at radius 3 is 2.23 bits per heavy atom. The zero-order valence-electron chi connectivity index (χ0n) is 17.9. The number of anilines is 1. The van der Waals surface area contributed by atoms with Gasteiger partial charge < -0.3 is 14.4 Å². The zero-order valence-corrected chi connectivity index (χ0v) is 17.9. The van der Waals surface area contributed by atoms with Crippen molar-refractivity contribution in [2.45, 2.75) is 39.3 Å². The first-order chi connectivity index (χ1) is 14.6. The largest absolute Gasteiger partial charge is 0.497 e. The average molecular weight is 404 g/mol. The van der Waals surface area contributed by atoms with Gasteiger partial charge in [-0.3, -0.25) is 4.79 Å². The van der Waals surface area contributed by atoms with Gasteiger partial charge in [-0.25, -0.2) is 0 Å². The highest BCUT2D eigenvalue weighted by Gasteiger charge is 2.27. The van der Waals surface area contributed by atoms with Crippen molar-refractivity contribution < 1.29 is 14.3 Å². The van der Waals surface area contributed by atoms with Crippen molar-refractivity contribution in [3.8, 4) is 11.5 Å². The number of amides is 1. The number of nitrogens with zero attached hydrogens (tertiary/aromatic N) is 1. The lowest BCUT2D eigenvalue weighted by atomic mass is 9.98. The van der Waals surface area contributed by atoms with Crippen molar-refractivity contribution in [1.29, 1.82) is 0 Å². The summed E-state index contributed by atoms with van der Waals surface area (Å²) in [4.78, 5) is 14.6. The predicted molar refractivity (Wildman–Crippen MR) is 121 cm³/mol. The van der Waals surface area contributed by atoms with E-state index in [1.165, 1.54) is 0 Å². The standard InChI is InChI=1S/C26H29NO3/c1-4-11-25(27(20(2)28)22-14-9-6-10-15-22)24-17-16-23(29-3)18-26(24)30-19-21-12-7-5-8-13-21/h5-10,12-18,25H,4,11,19H2,1-3H3. The van der Waals surface area contributed by atoms with Gasteiger partial charge in [0.25, 0.3) is 0 Å². The summed E-state index contributed by atoms with van der Waals surface area (Å²) in [7, 11) is 1.64. The molecule has 3 aromatic rings. The summed E-state index contributed by atoms with van der Waals surface area (Å²) in [5, 5.41) is 0. The molecular formula is C26H29NO3. The first kappa shape index (κ1) is 21.4. The molecule has 0 heterocycles. The van der Waals surface area contributed by atoms with Crippen molar-refractivity contribution in [2.24, 2.45) is 0 Å². The van der Waals surface area contributed by atoms with Gasteiger partial charge in [-0.2, -0.15) is 0 Å². The lowest BCUT2D eigenvalue weighted by molar-refractivity contribution is -0.117. The summed E-state index contributed by atoms with van der Waals surface area (Å²) < 4.78 is 11.7. The Labute approximate surface area is 179 Å². The molecule has 0 fully saturated rings. The fourth-order valence-corrected chi connectivity index (χ4v) is 3.64. The number of carbonyl (C=O) groups is 1. The maximum atomic E-state index is 12.7. The van der Waals surface area contributed by atoms with E-state index in [9.17, 15) is 4.79 Å². The number of carbonyl (C=O) groups excluding carboxylic acids is 1. The van der Waals surface area contributed by atoms with Crippen LogP contribution in [0.15, 0.2) is 78.9 Å². The number of benzene rings is 3. The van der Waals surface area contributed by atoms with Crippen molar-refractivity contribution in [2.75, 3.05) is 12.0 Å². The minimum Gasteiger partial charge on any atom is -0.497 e. The van der Waals surface area contributed by atoms with Gasteiger partial charge >= 0.3 is 0 Å². The zero-order chi connectivity index (χ0) is 21.3. The molecular weight excluding hydrogens is 374 g/mol. The lowest BCUT2D eigenvalue weighted by Gasteiger charge is -2.32. The Hall–Kier alpha value is -3.27. The second kappa shape index (κ2) is 10.5. The van der Waals surface area contributed by atoms with Crippen molar-refractivity contribution >= 4 is 11.6 Å². The SMILES string of the molecule is CCCC(c1ccc(OC)cc1OCc1ccccc1)N(C(C)=O)c1ccccc1. The van der Waals surface area contributed by atoms with Gasteiger partial charge in [-0.15, -0.1) is 0 Å². The molecule has 30 heavy (non-hydrogen) atoms. The lowest BCUT2D eigenvalue weighted by Crippen LogP contribution is -2.33. The summed E-state index contributed by atoms with van der Waals surface area (Å²) in [5.74, 6) is 1.47. The van der Waals surface area contributed by atoms with Crippen LogP contribution in [0, 0.1) is 0 Å². The summed E-state index contributed by atoms with van der Waals surface area (Å²) in [5.41, 5.74) is 2.95. The third-order valence-electron chi connectivity index (χ3n) is 5.06. The minimum absolute atomic E-state index is 0.00415. The van der Waals surface area contributed by atoms with E-state index in [1.807, 2.05) is 83.8 Å². The normalized spacial score (nSPS) is 11.6. The first-order valence-electron chi connectivity index (χ1n) is 10.3. The topological polar surface area (TPSA) is 38.8 Å². The molecule has 1 unspecified atom stereocenters. The van der Waals surface area contributed by atoms with E-state index in [0.717, 1.165) is 41.2 Å². The molecule has 0 bridgehead atoms. The molecule has 1 amide bonds. The van der Waals surface area contributed by atoms with E-state index in [0.29, 0.717) is 6.61 Å². The molecule has 1 atom stereocenters. The van der Waals surface area contributed by atoms with E-state index in [4.69, 9.17) is 9.47 Å². The van der Waals surface area contributed by atoms with Gasteiger partial charge in [0.1, 0.15) is 18.1 Å². The van der Waals surface area contributed by atoms with Crippen molar-refractivity contribution in [3.05, 3.63) is 90.0 Å². The highest BCUT2D eigenvalue weighted by Crippen LogP contribution is 2.38. The number of para-hydroxylation sites is 1. The van der Waals surface area contributed by atoms with Crippen LogP contribution in [0.4, 0.5) is 5.69 Å². The van der Waals surface area contributed by atoms with Gasteiger partial charge in [0.2, 0.25) is 5.91 Å². The van der Waals surface area contributed by atoms with E-state index >= 15 is 0 Å². The first-order valence-corrected chi connectivity index (χ1v) is 10.3. The molecule has 4 heteroatoms. The third kappa shape index (κ3) is 5.20. The monoisotopic (exact) mass is 403 g/mol. The van der Waals surface area contributed by atoms with E-state index < -0.39 is 0 Å². The van der Waals surface area contributed by atoms with Crippen LogP contribution in [-0.4, -0.2) is 13.0 Å². The second-order valence-corrected chi connectivity index (χ2v) is 7.21. The maximum Gasteiger partial charge on any atom is 0.224 e. The fourth-order valence-electron chi connectivity index (χ4n) is 3.64. The number of hydrogen-bond acceptors (Lipinski definition) is 3. The highest BCUT2D eigenvalue weighted by molar-refractivity contribution is 5.92. The van der Waals surface area contributed by atoms with Crippen molar-refractivity contribution in [3.63, 3.8) is 0 Å². The van der Waals surface area contributed by atoms with Crippen LogP contribution in [0.5, 0.6) is 11.5 Å². The van der Waals surface area contributed by atoms with Crippen LogP contribution in [-0.2, 0) is 11.4 Å². The molecule has 3 aromatic carbocycles. The number of rotatable bonds is 9. The van der Waals surface area contributed by atoms with Gasteiger partial charge in [-0.05, 0) is 36.2 Å². The molecule has 0 saturated carbocycles. The minimum atomic E-state index is -0.133. The van der Waals surface area contributed by atoms with Gasteiger partial charge in [0, 0.05) is 24.2 Å². The number of ether oxygens (including phenoxy) is 2. The molecule has 156 valence electrons. The summed E-state index contributed by atoms with van der Waals surface area (Å²) in [6.45, 7) is 4.19. The molecule has 0 N–H and O–H groups in total. The van der Waals surface area contributed by atoms with Crippen LogP contribution in [0.25, 0.3) is 0 Å². The quantitative estimate of drug-likeness (QED) is 0.429. The molecule has 0 radical (unpaired) electrons. The molecule has 3 rings (SSSR count).